The molecule has 140 valence electrons. The number of carbonyl (C=O) groups is 1. The Morgan fingerprint density at radius 2 is 1.89 bits per heavy atom. The lowest BCUT2D eigenvalue weighted by Gasteiger charge is -2.26. The summed E-state index contributed by atoms with van der Waals surface area (Å²) < 4.78 is 23.4. The number of H-pyrrole nitrogens is 1. The summed E-state index contributed by atoms with van der Waals surface area (Å²) in [6.45, 7) is 3.38. The van der Waals surface area contributed by atoms with Crippen molar-refractivity contribution < 1.29 is 13.2 Å². The van der Waals surface area contributed by atoms with Crippen molar-refractivity contribution in [1.29, 1.82) is 0 Å². The van der Waals surface area contributed by atoms with Crippen LogP contribution in [0.1, 0.15) is 39.8 Å². The number of ketones is 1. The number of nitrogens with one attached hydrogen (secondary N) is 1. The minimum Gasteiger partial charge on any atom is -0.355 e. The number of rotatable bonds is 6. The van der Waals surface area contributed by atoms with Crippen LogP contribution in [-0.4, -0.2) is 24.2 Å². The molecule has 2 heterocycles. The van der Waals surface area contributed by atoms with E-state index in [4.69, 9.17) is 5.14 Å². The van der Waals surface area contributed by atoms with Gasteiger partial charge in [0.25, 0.3) is 0 Å². The topological polar surface area (TPSA) is 106 Å². The molecule has 27 heavy (non-hydrogen) atoms. The van der Waals surface area contributed by atoms with Crippen LogP contribution in [0, 0.1) is 6.92 Å². The van der Waals surface area contributed by atoms with Crippen molar-refractivity contribution in [2.45, 2.75) is 25.0 Å². The monoisotopic (exact) mass is 383 g/mol. The number of hydrogen-bond donors (Lipinski definition) is 2. The standard InChI is InChI=1S/C20H21N3O3S/c1-14-11-17(23-18(14)19(24)15-7-4-3-5-8-15)12-20(2,27(21,25)26)16-9-6-10-22-13-16/h3-11,13,23H,12H2,1-2H3,(H2,21,25,26). The number of benzene rings is 1. The Balaban J connectivity index is 1.99. The molecule has 0 aliphatic rings. The molecule has 1 unspecified atom stereocenters. The van der Waals surface area contributed by atoms with Gasteiger partial charge in [0.1, 0.15) is 4.75 Å². The van der Waals surface area contributed by atoms with Gasteiger partial charge in [0.2, 0.25) is 15.8 Å². The second kappa shape index (κ2) is 7.09. The summed E-state index contributed by atoms with van der Waals surface area (Å²) >= 11 is 0. The molecule has 3 aromatic rings. The Morgan fingerprint density at radius 1 is 1.19 bits per heavy atom. The van der Waals surface area contributed by atoms with Crippen molar-refractivity contribution in [2.24, 2.45) is 5.14 Å². The van der Waals surface area contributed by atoms with Crippen LogP contribution in [0.2, 0.25) is 0 Å². The highest BCUT2D eigenvalue weighted by molar-refractivity contribution is 7.90. The lowest BCUT2D eigenvalue weighted by Crippen LogP contribution is -2.40. The number of carbonyl (C=O) groups excluding carboxylic acids is 1. The normalized spacial score (nSPS) is 13.9. The molecule has 0 spiro atoms. The lowest BCUT2D eigenvalue weighted by molar-refractivity contribution is 0.103. The van der Waals surface area contributed by atoms with Gasteiger partial charge in [0.05, 0.1) is 5.69 Å². The maximum atomic E-state index is 12.7. The van der Waals surface area contributed by atoms with E-state index in [2.05, 4.69) is 9.97 Å². The Bertz CT molecular complexity index is 1060. The summed E-state index contributed by atoms with van der Waals surface area (Å²) in [6, 6.07) is 14.1. The fraction of sp³-hybridized carbons (Fsp3) is 0.200. The number of aryl methyl sites for hydroxylation is 1. The van der Waals surface area contributed by atoms with Crippen LogP contribution in [0.3, 0.4) is 0 Å². The highest BCUT2D eigenvalue weighted by Crippen LogP contribution is 2.32. The van der Waals surface area contributed by atoms with Gasteiger partial charge >= 0.3 is 0 Å². The molecule has 7 heteroatoms. The van der Waals surface area contributed by atoms with E-state index in [1.807, 2.05) is 13.0 Å². The van der Waals surface area contributed by atoms with Gasteiger partial charge < -0.3 is 4.98 Å². The summed E-state index contributed by atoms with van der Waals surface area (Å²) in [7, 11) is -3.94. The first-order valence-electron chi connectivity index (χ1n) is 8.43. The van der Waals surface area contributed by atoms with E-state index in [-0.39, 0.29) is 12.2 Å². The predicted molar refractivity (Wildman–Crippen MR) is 104 cm³/mol. The quantitative estimate of drug-likeness (QED) is 0.638. The van der Waals surface area contributed by atoms with E-state index in [0.717, 1.165) is 5.56 Å². The van der Waals surface area contributed by atoms with Crippen molar-refractivity contribution in [3.05, 3.63) is 89.0 Å². The van der Waals surface area contributed by atoms with E-state index in [9.17, 15) is 13.2 Å². The number of nitrogens with two attached hydrogens (primary N) is 1. The highest BCUT2D eigenvalue weighted by atomic mass is 32.2. The Labute approximate surface area is 158 Å². The lowest BCUT2D eigenvalue weighted by atomic mass is 9.96. The fourth-order valence-electron chi connectivity index (χ4n) is 3.10. The van der Waals surface area contributed by atoms with E-state index in [0.29, 0.717) is 22.5 Å². The molecule has 0 saturated carbocycles. The van der Waals surface area contributed by atoms with Gasteiger partial charge in [0, 0.05) is 30.1 Å². The number of sulfonamides is 1. The molecule has 1 atom stereocenters. The SMILES string of the molecule is Cc1cc(CC(C)(c2cccnc2)S(N)(=O)=O)[nH]c1C(=O)c1ccccc1. The van der Waals surface area contributed by atoms with Crippen LogP contribution >= 0.6 is 0 Å². The van der Waals surface area contributed by atoms with Crippen LogP contribution in [0.4, 0.5) is 0 Å². The molecule has 0 radical (unpaired) electrons. The zero-order valence-electron chi connectivity index (χ0n) is 15.1. The van der Waals surface area contributed by atoms with Gasteiger partial charge in [-0.05, 0) is 37.1 Å². The Kier molecular flexibility index (Phi) is 4.99. The first kappa shape index (κ1) is 19.0. The van der Waals surface area contributed by atoms with Gasteiger partial charge in [-0.15, -0.1) is 0 Å². The summed E-state index contributed by atoms with van der Waals surface area (Å²) in [6.07, 6.45) is 3.17. The van der Waals surface area contributed by atoms with Crippen molar-refractivity contribution >= 4 is 15.8 Å². The fourth-order valence-corrected chi connectivity index (χ4v) is 3.91. The second-order valence-electron chi connectivity index (χ2n) is 6.74. The Morgan fingerprint density at radius 3 is 2.48 bits per heavy atom. The number of hydrogen-bond acceptors (Lipinski definition) is 4. The van der Waals surface area contributed by atoms with Crippen molar-refractivity contribution in [3.8, 4) is 0 Å². The van der Waals surface area contributed by atoms with Gasteiger partial charge in [-0.3, -0.25) is 9.78 Å². The molecule has 2 aromatic heterocycles. The first-order valence-corrected chi connectivity index (χ1v) is 9.98. The number of nitrogens with zero attached hydrogens (tertiary/aromatic N) is 1. The van der Waals surface area contributed by atoms with E-state index in [1.54, 1.807) is 55.6 Å². The average Bonchev–Trinajstić information content (AvgIpc) is 3.01. The molecule has 3 rings (SSSR count). The van der Waals surface area contributed by atoms with Crippen LogP contribution in [0.5, 0.6) is 0 Å². The number of aromatic nitrogens is 2. The molecule has 0 aliphatic heterocycles. The molecule has 0 aliphatic carbocycles. The summed E-state index contributed by atoms with van der Waals surface area (Å²) in [5.41, 5.74) is 2.87. The second-order valence-corrected chi connectivity index (χ2v) is 8.73. The summed E-state index contributed by atoms with van der Waals surface area (Å²) in [5, 5.41) is 5.55. The predicted octanol–water partition coefficient (Wildman–Crippen LogP) is 2.70. The molecule has 3 N–H and O–H groups in total. The summed E-state index contributed by atoms with van der Waals surface area (Å²) in [5.74, 6) is -0.141. The molecule has 6 nitrogen and oxygen atoms in total. The van der Waals surface area contributed by atoms with Gasteiger partial charge in [-0.2, -0.15) is 0 Å². The minimum atomic E-state index is -3.94. The van der Waals surface area contributed by atoms with Crippen molar-refractivity contribution in [2.75, 3.05) is 0 Å². The smallest absolute Gasteiger partial charge is 0.219 e. The summed E-state index contributed by atoms with van der Waals surface area (Å²) in [4.78, 5) is 19.8. The largest absolute Gasteiger partial charge is 0.355 e. The zero-order chi connectivity index (χ0) is 19.7. The first-order chi connectivity index (χ1) is 12.7. The third-order valence-corrected chi connectivity index (χ3v) is 6.40. The van der Waals surface area contributed by atoms with E-state index in [1.165, 1.54) is 6.20 Å². The number of pyridine rings is 1. The average molecular weight is 383 g/mol. The molecule has 0 saturated heterocycles. The third-order valence-electron chi connectivity index (χ3n) is 4.76. The Hall–Kier alpha value is -2.77. The number of aromatic amines is 1. The highest BCUT2D eigenvalue weighted by Gasteiger charge is 2.39. The zero-order valence-corrected chi connectivity index (χ0v) is 16.0. The maximum absolute atomic E-state index is 12.7. The van der Waals surface area contributed by atoms with Crippen LogP contribution < -0.4 is 5.14 Å². The molecule has 1 aromatic carbocycles. The minimum absolute atomic E-state index is 0.0977. The molecule has 0 amide bonds. The molecular weight excluding hydrogens is 362 g/mol. The maximum Gasteiger partial charge on any atom is 0.219 e. The van der Waals surface area contributed by atoms with Crippen molar-refractivity contribution in [3.63, 3.8) is 0 Å². The van der Waals surface area contributed by atoms with Crippen LogP contribution in [0.15, 0.2) is 60.9 Å². The van der Waals surface area contributed by atoms with Gasteiger partial charge in [0.15, 0.2) is 0 Å². The third kappa shape index (κ3) is 3.70. The van der Waals surface area contributed by atoms with Crippen molar-refractivity contribution in [1.82, 2.24) is 9.97 Å². The number of primary sulfonamides is 1. The van der Waals surface area contributed by atoms with Crippen LogP contribution in [-0.2, 0) is 21.2 Å². The molecule has 0 bridgehead atoms. The van der Waals surface area contributed by atoms with Gasteiger partial charge in [-0.1, -0.05) is 36.4 Å². The molecular formula is C20H21N3O3S. The van der Waals surface area contributed by atoms with E-state index >= 15 is 0 Å². The molecule has 0 fully saturated rings. The van der Waals surface area contributed by atoms with Gasteiger partial charge in [-0.25, -0.2) is 13.6 Å². The van der Waals surface area contributed by atoms with E-state index < -0.39 is 14.8 Å². The van der Waals surface area contributed by atoms with Crippen LogP contribution in [0.25, 0.3) is 0 Å².